The van der Waals surface area contributed by atoms with Gasteiger partial charge in [-0.3, -0.25) is 0 Å². The van der Waals surface area contributed by atoms with Gasteiger partial charge in [0, 0.05) is 31.3 Å². The highest BCUT2D eigenvalue weighted by molar-refractivity contribution is 5.61. The van der Waals surface area contributed by atoms with Crippen LogP contribution in [0.3, 0.4) is 0 Å². The van der Waals surface area contributed by atoms with Gasteiger partial charge in [-0.05, 0) is 19.1 Å². The van der Waals surface area contributed by atoms with Crippen LogP contribution >= 0.6 is 0 Å². The molecule has 1 aromatic rings. The van der Waals surface area contributed by atoms with Crippen LogP contribution in [0.25, 0.3) is 0 Å². The first kappa shape index (κ1) is 13.0. The van der Waals surface area contributed by atoms with Gasteiger partial charge in [-0.1, -0.05) is 0 Å². The number of hydrogen-bond acceptors (Lipinski definition) is 5. The molecule has 0 saturated carbocycles. The van der Waals surface area contributed by atoms with Crippen molar-refractivity contribution in [3.8, 4) is 5.75 Å². The second kappa shape index (κ2) is 5.46. The minimum Gasteiger partial charge on any atom is -0.492 e. The first-order valence-electron chi connectivity index (χ1n) is 6.19. The number of aliphatic hydroxyl groups is 1. The lowest BCUT2D eigenvalue weighted by Gasteiger charge is -2.21. The Bertz CT molecular complexity index is 403. The molecular formula is C13H20N2O3. The third-order valence-electron chi connectivity index (χ3n) is 3.02. The van der Waals surface area contributed by atoms with Crippen molar-refractivity contribution in [2.45, 2.75) is 18.9 Å². The number of nitrogen functional groups attached to an aromatic ring is 1. The Morgan fingerprint density at radius 2 is 2.39 bits per heavy atom. The van der Waals surface area contributed by atoms with Gasteiger partial charge in [0.15, 0.2) is 0 Å². The summed E-state index contributed by atoms with van der Waals surface area (Å²) in [5.41, 5.74) is 6.53. The third-order valence-corrected chi connectivity index (χ3v) is 3.02. The Morgan fingerprint density at radius 3 is 3.06 bits per heavy atom. The highest BCUT2D eigenvalue weighted by Gasteiger charge is 2.31. The number of rotatable bonds is 5. The molecule has 0 spiro atoms. The zero-order valence-electron chi connectivity index (χ0n) is 10.6. The first-order valence-corrected chi connectivity index (χ1v) is 6.19. The van der Waals surface area contributed by atoms with Gasteiger partial charge in [0.1, 0.15) is 11.4 Å². The molecule has 0 amide bonds. The van der Waals surface area contributed by atoms with Crippen molar-refractivity contribution in [3.05, 3.63) is 18.2 Å². The summed E-state index contributed by atoms with van der Waals surface area (Å²) < 4.78 is 10.6. The summed E-state index contributed by atoms with van der Waals surface area (Å²) in [5.74, 6) is 0.664. The Labute approximate surface area is 107 Å². The molecule has 1 unspecified atom stereocenters. The van der Waals surface area contributed by atoms with Crippen molar-refractivity contribution in [3.63, 3.8) is 0 Å². The van der Waals surface area contributed by atoms with Crippen LogP contribution in [0, 0.1) is 0 Å². The van der Waals surface area contributed by atoms with Crippen LogP contribution in [0.2, 0.25) is 0 Å². The van der Waals surface area contributed by atoms with Crippen LogP contribution < -0.4 is 15.8 Å². The minimum absolute atomic E-state index is 0.382. The SMILES string of the molecule is CCOc1cc(NCC2(O)CCOC2)ccc1N. The van der Waals surface area contributed by atoms with Crippen molar-refractivity contribution in [1.82, 2.24) is 0 Å². The van der Waals surface area contributed by atoms with E-state index in [0.29, 0.717) is 44.2 Å². The molecule has 0 bridgehead atoms. The van der Waals surface area contributed by atoms with Gasteiger partial charge >= 0.3 is 0 Å². The third kappa shape index (κ3) is 3.05. The van der Waals surface area contributed by atoms with E-state index in [2.05, 4.69) is 5.32 Å². The number of benzene rings is 1. The maximum Gasteiger partial charge on any atom is 0.144 e. The van der Waals surface area contributed by atoms with E-state index in [0.717, 1.165) is 5.69 Å². The highest BCUT2D eigenvalue weighted by Crippen LogP contribution is 2.26. The fourth-order valence-electron chi connectivity index (χ4n) is 1.93. The molecule has 1 atom stereocenters. The van der Waals surface area contributed by atoms with Crippen molar-refractivity contribution in [2.75, 3.05) is 37.4 Å². The van der Waals surface area contributed by atoms with E-state index in [1.165, 1.54) is 0 Å². The van der Waals surface area contributed by atoms with Gasteiger partial charge in [0.25, 0.3) is 0 Å². The second-order valence-electron chi connectivity index (χ2n) is 4.57. The van der Waals surface area contributed by atoms with Gasteiger partial charge in [-0.2, -0.15) is 0 Å². The van der Waals surface area contributed by atoms with E-state index in [1.54, 1.807) is 6.07 Å². The average Bonchev–Trinajstić information content (AvgIpc) is 2.78. The van der Waals surface area contributed by atoms with E-state index < -0.39 is 5.60 Å². The van der Waals surface area contributed by atoms with Crippen LogP contribution in [-0.2, 0) is 4.74 Å². The molecule has 1 saturated heterocycles. The zero-order chi connectivity index (χ0) is 13.0. The number of ether oxygens (including phenoxy) is 2. The summed E-state index contributed by atoms with van der Waals surface area (Å²) >= 11 is 0. The number of anilines is 2. The van der Waals surface area contributed by atoms with E-state index in [1.807, 2.05) is 19.1 Å². The van der Waals surface area contributed by atoms with Crippen LogP contribution in [0.5, 0.6) is 5.75 Å². The van der Waals surface area contributed by atoms with E-state index in [4.69, 9.17) is 15.2 Å². The lowest BCUT2D eigenvalue weighted by molar-refractivity contribution is 0.0382. The van der Waals surface area contributed by atoms with E-state index in [9.17, 15) is 5.11 Å². The van der Waals surface area contributed by atoms with Gasteiger partial charge in [0.05, 0.1) is 18.9 Å². The summed E-state index contributed by atoms with van der Waals surface area (Å²) in [5, 5.41) is 13.3. The maximum absolute atomic E-state index is 10.1. The van der Waals surface area contributed by atoms with Crippen molar-refractivity contribution in [1.29, 1.82) is 0 Å². The summed E-state index contributed by atoms with van der Waals surface area (Å²) in [6.07, 6.45) is 0.660. The van der Waals surface area contributed by atoms with Crippen molar-refractivity contribution >= 4 is 11.4 Å². The lowest BCUT2D eigenvalue weighted by Crippen LogP contribution is -2.37. The quantitative estimate of drug-likeness (QED) is 0.687. The first-order chi connectivity index (χ1) is 8.63. The summed E-state index contributed by atoms with van der Waals surface area (Å²) in [6.45, 7) is 3.95. The van der Waals surface area contributed by atoms with Gasteiger partial charge in [0.2, 0.25) is 0 Å². The average molecular weight is 252 g/mol. The maximum atomic E-state index is 10.1. The molecule has 0 aromatic heterocycles. The van der Waals surface area contributed by atoms with E-state index in [-0.39, 0.29) is 0 Å². The summed E-state index contributed by atoms with van der Waals surface area (Å²) in [4.78, 5) is 0. The van der Waals surface area contributed by atoms with Gasteiger partial charge in [-0.25, -0.2) is 0 Å². The molecule has 0 radical (unpaired) electrons. The molecule has 1 fully saturated rings. The number of hydrogen-bond donors (Lipinski definition) is 3. The molecule has 1 heterocycles. The number of nitrogens with two attached hydrogens (primary N) is 1. The summed E-state index contributed by atoms with van der Waals surface area (Å²) in [7, 11) is 0. The lowest BCUT2D eigenvalue weighted by atomic mass is 10.0. The highest BCUT2D eigenvalue weighted by atomic mass is 16.5. The normalized spacial score (nSPS) is 23.0. The molecule has 1 aromatic carbocycles. The van der Waals surface area contributed by atoms with Crippen LogP contribution in [0.1, 0.15) is 13.3 Å². The molecule has 2 rings (SSSR count). The van der Waals surface area contributed by atoms with Crippen molar-refractivity contribution in [2.24, 2.45) is 0 Å². The molecule has 1 aliphatic rings. The zero-order valence-corrected chi connectivity index (χ0v) is 10.6. The Hall–Kier alpha value is -1.46. The van der Waals surface area contributed by atoms with E-state index >= 15 is 0 Å². The number of nitrogens with one attached hydrogen (secondary N) is 1. The molecule has 100 valence electrons. The molecule has 0 aliphatic carbocycles. The molecule has 4 N–H and O–H groups in total. The largest absolute Gasteiger partial charge is 0.492 e. The summed E-state index contributed by atoms with van der Waals surface area (Å²) in [6, 6.07) is 5.51. The standard InChI is InChI=1S/C13H20N2O3/c1-2-18-12-7-10(3-4-11(12)14)15-8-13(16)5-6-17-9-13/h3-4,7,15-16H,2,5-6,8-9,14H2,1H3. The Morgan fingerprint density at radius 1 is 1.56 bits per heavy atom. The fraction of sp³-hybridized carbons (Fsp3) is 0.538. The second-order valence-corrected chi connectivity index (χ2v) is 4.57. The predicted octanol–water partition coefficient (Wildman–Crippen LogP) is 1.23. The predicted molar refractivity (Wildman–Crippen MR) is 70.9 cm³/mol. The smallest absolute Gasteiger partial charge is 0.144 e. The molecule has 5 nitrogen and oxygen atoms in total. The molecular weight excluding hydrogens is 232 g/mol. The van der Waals surface area contributed by atoms with Crippen molar-refractivity contribution < 1.29 is 14.6 Å². The van der Waals surface area contributed by atoms with Gasteiger partial charge in [-0.15, -0.1) is 0 Å². The fourth-order valence-corrected chi connectivity index (χ4v) is 1.93. The molecule has 5 heteroatoms. The van der Waals surface area contributed by atoms with Gasteiger partial charge < -0.3 is 25.6 Å². The Kier molecular flexibility index (Phi) is 3.93. The molecule has 1 aliphatic heterocycles. The topological polar surface area (TPSA) is 76.7 Å². The van der Waals surface area contributed by atoms with Crippen LogP contribution in [-0.4, -0.2) is 37.1 Å². The minimum atomic E-state index is -0.771. The Balaban J connectivity index is 1.98. The van der Waals surface area contributed by atoms with Crippen LogP contribution in [0.4, 0.5) is 11.4 Å². The molecule has 18 heavy (non-hydrogen) atoms. The van der Waals surface area contributed by atoms with Crippen LogP contribution in [0.15, 0.2) is 18.2 Å². The monoisotopic (exact) mass is 252 g/mol.